The smallest absolute Gasteiger partial charge is 0.331 e. The maximum absolute atomic E-state index is 12.8. The quantitative estimate of drug-likeness (QED) is 0.633. The summed E-state index contributed by atoms with van der Waals surface area (Å²) in [6.45, 7) is 3.62. The topological polar surface area (TPSA) is 46.6 Å². The summed E-state index contributed by atoms with van der Waals surface area (Å²) in [6, 6.07) is 17.4. The Kier molecular flexibility index (Phi) is 4.98. The lowest BCUT2D eigenvalue weighted by Crippen LogP contribution is -2.43. The fraction of sp³-hybridized carbons (Fsp3) is 0.238. The van der Waals surface area contributed by atoms with Crippen molar-refractivity contribution in [1.29, 1.82) is 0 Å². The van der Waals surface area contributed by atoms with Gasteiger partial charge in [-0.25, -0.2) is 4.79 Å². The number of carbonyl (C=O) groups is 2. The number of carbonyl (C=O) groups excluding carboxylic acids is 2. The van der Waals surface area contributed by atoms with E-state index in [1.165, 1.54) is 6.08 Å². The molecule has 0 fully saturated rings. The molecule has 0 bridgehead atoms. The van der Waals surface area contributed by atoms with Crippen LogP contribution in [0.25, 0.3) is 6.08 Å². The fourth-order valence-corrected chi connectivity index (χ4v) is 3.09. The van der Waals surface area contributed by atoms with Gasteiger partial charge in [-0.15, -0.1) is 0 Å². The molecule has 0 spiro atoms. The molecule has 1 aliphatic heterocycles. The molecule has 0 aromatic heterocycles. The average Bonchev–Trinajstić information content (AvgIpc) is 2.96. The van der Waals surface area contributed by atoms with E-state index in [-0.39, 0.29) is 11.9 Å². The van der Waals surface area contributed by atoms with E-state index >= 15 is 0 Å². The highest BCUT2D eigenvalue weighted by Gasteiger charge is 2.34. The molecule has 0 unspecified atom stereocenters. The first-order valence-electron chi connectivity index (χ1n) is 8.41. The van der Waals surface area contributed by atoms with Crippen molar-refractivity contribution in [2.75, 3.05) is 4.90 Å². The fourth-order valence-electron chi connectivity index (χ4n) is 3.09. The highest BCUT2D eigenvalue weighted by Crippen LogP contribution is 2.32. The molecule has 25 heavy (non-hydrogen) atoms. The zero-order valence-electron chi connectivity index (χ0n) is 14.4. The van der Waals surface area contributed by atoms with Crippen LogP contribution in [0.15, 0.2) is 60.7 Å². The van der Waals surface area contributed by atoms with Gasteiger partial charge in [0.25, 0.3) is 5.91 Å². The predicted octanol–water partition coefficient (Wildman–Crippen LogP) is 3.61. The standard InChI is InChI=1S/C21H21NO3/c1-15-14-18-10-6-7-11-19(18)22(15)21(24)16(2)25-20(23)13-12-17-8-4-3-5-9-17/h3-13,15-16H,14H2,1-2H3/b13-12+/t15-,16-/m0/s1. The lowest BCUT2D eigenvalue weighted by molar-refractivity contribution is -0.149. The first kappa shape index (κ1) is 17.0. The number of hydrogen-bond donors (Lipinski definition) is 0. The predicted molar refractivity (Wildman–Crippen MR) is 98.1 cm³/mol. The van der Waals surface area contributed by atoms with Crippen molar-refractivity contribution in [3.8, 4) is 0 Å². The number of nitrogens with zero attached hydrogens (tertiary/aromatic N) is 1. The molecule has 1 aliphatic rings. The third-order valence-electron chi connectivity index (χ3n) is 4.30. The summed E-state index contributed by atoms with van der Waals surface area (Å²) in [5.41, 5.74) is 2.95. The number of esters is 1. The van der Waals surface area contributed by atoms with Gasteiger partial charge < -0.3 is 9.64 Å². The monoisotopic (exact) mass is 335 g/mol. The maximum Gasteiger partial charge on any atom is 0.331 e. The third kappa shape index (κ3) is 3.79. The van der Waals surface area contributed by atoms with Crippen molar-refractivity contribution in [1.82, 2.24) is 0 Å². The minimum absolute atomic E-state index is 0.0610. The Bertz CT molecular complexity index is 798. The molecule has 128 valence electrons. The molecule has 4 nitrogen and oxygen atoms in total. The summed E-state index contributed by atoms with van der Waals surface area (Å²) >= 11 is 0. The second-order valence-electron chi connectivity index (χ2n) is 6.21. The van der Waals surface area contributed by atoms with Crippen molar-refractivity contribution in [3.63, 3.8) is 0 Å². The largest absolute Gasteiger partial charge is 0.449 e. The molecular formula is C21H21NO3. The lowest BCUT2D eigenvalue weighted by atomic mass is 10.1. The van der Waals surface area contributed by atoms with Crippen LogP contribution in [0.2, 0.25) is 0 Å². The Labute approximate surface area is 147 Å². The molecular weight excluding hydrogens is 314 g/mol. The van der Waals surface area contributed by atoms with E-state index in [0.717, 1.165) is 23.2 Å². The van der Waals surface area contributed by atoms with E-state index < -0.39 is 12.1 Å². The van der Waals surface area contributed by atoms with Gasteiger partial charge in [0.1, 0.15) is 0 Å². The van der Waals surface area contributed by atoms with Crippen molar-refractivity contribution < 1.29 is 14.3 Å². The van der Waals surface area contributed by atoms with Gasteiger partial charge in [-0.05, 0) is 43.5 Å². The minimum Gasteiger partial charge on any atom is -0.449 e. The molecule has 4 heteroatoms. The summed E-state index contributed by atoms with van der Waals surface area (Å²) in [5.74, 6) is -0.719. The van der Waals surface area contributed by atoms with E-state index in [1.54, 1.807) is 17.9 Å². The second-order valence-corrected chi connectivity index (χ2v) is 6.21. The summed E-state index contributed by atoms with van der Waals surface area (Å²) in [4.78, 5) is 26.5. The molecule has 1 amide bonds. The van der Waals surface area contributed by atoms with Gasteiger partial charge >= 0.3 is 5.97 Å². The van der Waals surface area contributed by atoms with Crippen molar-refractivity contribution in [2.24, 2.45) is 0 Å². The van der Waals surface area contributed by atoms with Gasteiger partial charge in [0.05, 0.1) is 0 Å². The van der Waals surface area contributed by atoms with Crippen LogP contribution >= 0.6 is 0 Å². The van der Waals surface area contributed by atoms with Crippen LogP contribution in [-0.4, -0.2) is 24.0 Å². The average molecular weight is 335 g/mol. The molecule has 3 rings (SSSR count). The van der Waals surface area contributed by atoms with Gasteiger partial charge in [0, 0.05) is 17.8 Å². The minimum atomic E-state index is -0.832. The molecule has 0 radical (unpaired) electrons. The van der Waals surface area contributed by atoms with Crippen molar-refractivity contribution in [3.05, 3.63) is 71.8 Å². The van der Waals surface area contributed by atoms with Crippen LogP contribution in [-0.2, 0) is 20.7 Å². The zero-order valence-corrected chi connectivity index (χ0v) is 14.4. The molecule has 0 N–H and O–H groups in total. The molecule has 1 heterocycles. The number of ether oxygens (including phenoxy) is 1. The van der Waals surface area contributed by atoms with Gasteiger partial charge in [-0.3, -0.25) is 4.79 Å². The van der Waals surface area contributed by atoms with E-state index in [2.05, 4.69) is 0 Å². The van der Waals surface area contributed by atoms with Gasteiger partial charge in [0.15, 0.2) is 6.10 Å². The van der Waals surface area contributed by atoms with Crippen molar-refractivity contribution >= 4 is 23.6 Å². The second kappa shape index (κ2) is 7.34. The van der Waals surface area contributed by atoms with Crippen LogP contribution < -0.4 is 4.90 Å². The molecule has 0 saturated heterocycles. The Hall–Kier alpha value is -2.88. The molecule has 2 aromatic rings. The summed E-state index contributed by atoms with van der Waals surface area (Å²) < 4.78 is 5.29. The Morgan fingerprint density at radius 3 is 2.56 bits per heavy atom. The Balaban J connectivity index is 1.65. The van der Waals surface area contributed by atoms with Crippen LogP contribution in [0, 0.1) is 0 Å². The van der Waals surface area contributed by atoms with E-state index in [4.69, 9.17) is 4.74 Å². The van der Waals surface area contributed by atoms with Crippen LogP contribution in [0.5, 0.6) is 0 Å². The highest BCUT2D eigenvalue weighted by molar-refractivity contribution is 6.00. The number of para-hydroxylation sites is 1. The third-order valence-corrected chi connectivity index (χ3v) is 4.30. The normalized spacial score (nSPS) is 17.4. The SMILES string of the molecule is C[C@H](OC(=O)/C=C/c1ccccc1)C(=O)N1c2ccccc2C[C@@H]1C. The van der Waals surface area contributed by atoms with Crippen LogP contribution in [0.1, 0.15) is 25.0 Å². The summed E-state index contributed by atoms with van der Waals surface area (Å²) in [7, 11) is 0. The molecule has 0 saturated carbocycles. The number of benzene rings is 2. The van der Waals surface area contributed by atoms with E-state index in [0.29, 0.717) is 0 Å². The van der Waals surface area contributed by atoms with Gasteiger partial charge in [-0.2, -0.15) is 0 Å². The Morgan fingerprint density at radius 1 is 1.12 bits per heavy atom. The lowest BCUT2D eigenvalue weighted by Gasteiger charge is -2.25. The summed E-state index contributed by atoms with van der Waals surface area (Å²) in [6.07, 6.45) is 3.01. The molecule has 0 aliphatic carbocycles. The number of hydrogen-bond acceptors (Lipinski definition) is 3. The van der Waals surface area contributed by atoms with Gasteiger partial charge in [0.2, 0.25) is 0 Å². The summed E-state index contributed by atoms with van der Waals surface area (Å²) in [5, 5.41) is 0. The van der Waals surface area contributed by atoms with E-state index in [9.17, 15) is 9.59 Å². The first-order valence-corrected chi connectivity index (χ1v) is 8.41. The number of amides is 1. The van der Waals surface area contributed by atoms with Crippen LogP contribution in [0.4, 0.5) is 5.69 Å². The first-order chi connectivity index (χ1) is 12.1. The van der Waals surface area contributed by atoms with Crippen LogP contribution in [0.3, 0.4) is 0 Å². The Morgan fingerprint density at radius 2 is 1.80 bits per heavy atom. The maximum atomic E-state index is 12.8. The zero-order chi connectivity index (χ0) is 17.8. The number of rotatable bonds is 4. The van der Waals surface area contributed by atoms with Gasteiger partial charge in [-0.1, -0.05) is 48.5 Å². The molecule has 2 aromatic carbocycles. The number of fused-ring (bicyclic) bond motifs is 1. The van der Waals surface area contributed by atoms with Crippen molar-refractivity contribution in [2.45, 2.75) is 32.4 Å². The highest BCUT2D eigenvalue weighted by atomic mass is 16.5. The van der Waals surface area contributed by atoms with E-state index in [1.807, 2.05) is 61.5 Å². The molecule has 2 atom stereocenters. The number of anilines is 1.